The largest absolute Gasteiger partial charge is 0.373 e. The topological polar surface area (TPSA) is 41.2 Å². The van der Waals surface area contributed by atoms with Crippen LogP contribution in [-0.4, -0.2) is 17.3 Å². The molecule has 1 atom stereocenters. The highest BCUT2D eigenvalue weighted by molar-refractivity contribution is 5.81. The van der Waals surface area contributed by atoms with Gasteiger partial charge < -0.3 is 9.30 Å². The first-order valence-electron chi connectivity index (χ1n) is 8.39. The zero-order valence-electron chi connectivity index (χ0n) is 13.8. The van der Waals surface area contributed by atoms with E-state index in [4.69, 9.17) is 10.00 Å². The van der Waals surface area contributed by atoms with Crippen molar-refractivity contribution in [3.8, 4) is 11.8 Å². The summed E-state index contributed by atoms with van der Waals surface area (Å²) in [6, 6.07) is 21.1. The van der Waals surface area contributed by atoms with Gasteiger partial charge in [-0.1, -0.05) is 42.5 Å². The molecule has 1 fully saturated rings. The highest BCUT2D eigenvalue weighted by atomic mass is 16.6. The molecule has 4 rings (SSSR count). The number of rotatable bonds is 5. The number of hydrogen-bond acceptors (Lipinski definition) is 2. The summed E-state index contributed by atoms with van der Waals surface area (Å²) in [4.78, 5) is 0. The predicted molar refractivity (Wildman–Crippen MR) is 100 cm³/mol. The second kappa shape index (κ2) is 6.80. The second-order valence-electron chi connectivity index (χ2n) is 6.16. The summed E-state index contributed by atoms with van der Waals surface area (Å²) in [5.74, 6) is 0. The van der Waals surface area contributed by atoms with Crippen molar-refractivity contribution >= 4 is 17.0 Å². The Morgan fingerprint density at radius 3 is 2.72 bits per heavy atom. The molecule has 1 aliphatic rings. The summed E-state index contributed by atoms with van der Waals surface area (Å²) in [6.45, 7) is 0.776. The normalized spacial score (nSPS) is 17.1. The van der Waals surface area contributed by atoms with Crippen LogP contribution in [0.25, 0.3) is 22.7 Å². The van der Waals surface area contributed by atoms with Crippen LogP contribution in [0.2, 0.25) is 0 Å². The third-order valence-corrected chi connectivity index (χ3v) is 4.35. The molecule has 3 aromatic rings. The highest BCUT2D eigenvalue weighted by Gasteiger charge is 2.23. The molecule has 1 unspecified atom stereocenters. The number of hydrogen-bond donors (Lipinski definition) is 0. The third kappa shape index (κ3) is 3.55. The molecule has 3 nitrogen and oxygen atoms in total. The number of fused-ring (bicyclic) bond motifs is 1. The van der Waals surface area contributed by atoms with Gasteiger partial charge in [0.25, 0.3) is 0 Å². The van der Waals surface area contributed by atoms with Gasteiger partial charge in [-0.15, -0.1) is 0 Å². The Morgan fingerprint density at radius 2 is 1.96 bits per heavy atom. The molecule has 25 heavy (non-hydrogen) atoms. The van der Waals surface area contributed by atoms with Gasteiger partial charge in [0.15, 0.2) is 0 Å². The highest BCUT2D eigenvalue weighted by Crippen LogP contribution is 2.21. The van der Waals surface area contributed by atoms with Gasteiger partial charge in [0.05, 0.1) is 24.3 Å². The maximum atomic E-state index is 9.12. The summed E-state index contributed by atoms with van der Waals surface area (Å²) < 4.78 is 7.35. The lowest BCUT2D eigenvalue weighted by Crippen LogP contribution is -1.91. The maximum absolute atomic E-state index is 9.12. The monoisotopic (exact) mass is 326 g/mol. The van der Waals surface area contributed by atoms with Gasteiger partial charge >= 0.3 is 0 Å². The zero-order chi connectivity index (χ0) is 17.1. The molecular formula is C22H18N2O. The van der Waals surface area contributed by atoms with Crippen LogP contribution in [0.3, 0.4) is 0 Å². The summed E-state index contributed by atoms with van der Waals surface area (Å²) in [7, 11) is 0. The number of ether oxygens (including phenoxy) is 1. The van der Waals surface area contributed by atoms with Crippen LogP contribution >= 0.6 is 0 Å². The quantitative estimate of drug-likeness (QED) is 0.381. The molecule has 1 saturated heterocycles. The summed E-state index contributed by atoms with van der Waals surface area (Å²) in [6.07, 6.45) is 8.87. The van der Waals surface area contributed by atoms with Crippen LogP contribution in [-0.2, 0) is 4.74 Å². The van der Waals surface area contributed by atoms with E-state index in [0.29, 0.717) is 6.42 Å². The lowest BCUT2D eigenvalue weighted by Gasteiger charge is -2.05. The van der Waals surface area contributed by atoms with E-state index in [1.54, 1.807) is 0 Å². The smallest absolute Gasteiger partial charge is 0.0948 e. The number of nitrogens with zero attached hydrogens (tertiary/aromatic N) is 2. The molecule has 1 aromatic heterocycles. The van der Waals surface area contributed by atoms with Gasteiger partial charge in [0, 0.05) is 23.9 Å². The van der Waals surface area contributed by atoms with Crippen molar-refractivity contribution in [3.63, 3.8) is 0 Å². The van der Waals surface area contributed by atoms with Crippen LogP contribution < -0.4 is 0 Å². The summed E-state index contributed by atoms with van der Waals surface area (Å²) in [5.41, 5.74) is 4.21. The fourth-order valence-electron chi connectivity index (χ4n) is 2.91. The lowest BCUT2D eigenvalue weighted by atomic mass is 10.1. The van der Waals surface area contributed by atoms with Crippen LogP contribution in [0.15, 0.2) is 78.5 Å². The number of benzene rings is 2. The minimum atomic E-state index is 0.245. The van der Waals surface area contributed by atoms with Crippen molar-refractivity contribution < 1.29 is 4.74 Å². The Labute approximate surface area is 147 Å². The minimum absolute atomic E-state index is 0.245. The molecule has 122 valence electrons. The van der Waals surface area contributed by atoms with Crippen molar-refractivity contribution in [1.29, 1.82) is 5.26 Å². The molecule has 1 aliphatic heterocycles. The summed E-state index contributed by atoms with van der Waals surface area (Å²) in [5, 5.41) is 10.4. The number of aromatic nitrogens is 1. The van der Waals surface area contributed by atoms with E-state index in [1.807, 2.05) is 18.2 Å². The molecule has 0 amide bonds. The Balaban J connectivity index is 1.51. The molecule has 0 spiro atoms. The van der Waals surface area contributed by atoms with Gasteiger partial charge in [0.1, 0.15) is 0 Å². The number of allylic oxidation sites excluding steroid dienone is 2. The fourth-order valence-corrected chi connectivity index (χ4v) is 2.91. The van der Waals surface area contributed by atoms with Crippen LogP contribution in [0.1, 0.15) is 12.0 Å². The standard InChI is InChI=1S/C22H18N2O/c23-15-18(14-21-16-25-21)5-3-4-17-8-10-20(11-9-17)24-13-12-19-6-1-2-7-22(19)24/h1-13,21H,14,16H2/b4-3+,18-5-. The first-order chi connectivity index (χ1) is 12.3. The van der Waals surface area contributed by atoms with E-state index in [-0.39, 0.29) is 6.10 Å². The molecule has 0 N–H and O–H groups in total. The Kier molecular flexibility index (Phi) is 4.20. The Morgan fingerprint density at radius 1 is 1.16 bits per heavy atom. The van der Waals surface area contributed by atoms with Crippen LogP contribution in [0.5, 0.6) is 0 Å². The SMILES string of the molecule is N#C/C(=C\C=C\c1ccc(-n2ccc3ccccc32)cc1)CC1CO1. The molecule has 0 radical (unpaired) electrons. The predicted octanol–water partition coefficient (Wildman–Crippen LogP) is 4.88. The molecule has 0 bridgehead atoms. The van der Waals surface area contributed by atoms with Crippen molar-refractivity contribution in [2.45, 2.75) is 12.5 Å². The van der Waals surface area contributed by atoms with E-state index >= 15 is 0 Å². The van der Waals surface area contributed by atoms with Crippen molar-refractivity contribution in [2.75, 3.05) is 6.61 Å². The van der Waals surface area contributed by atoms with E-state index in [0.717, 1.165) is 23.4 Å². The minimum Gasteiger partial charge on any atom is -0.373 e. The summed E-state index contributed by atoms with van der Waals surface area (Å²) >= 11 is 0. The van der Waals surface area contributed by atoms with Crippen molar-refractivity contribution in [1.82, 2.24) is 4.57 Å². The molecule has 0 aliphatic carbocycles. The fraction of sp³-hybridized carbons (Fsp3) is 0.136. The molecular weight excluding hydrogens is 308 g/mol. The van der Waals surface area contributed by atoms with Crippen molar-refractivity contribution in [3.05, 3.63) is 84.1 Å². The number of para-hydroxylation sites is 1. The first-order valence-corrected chi connectivity index (χ1v) is 8.39. The van der Waals surface area contributed by atoms with Crippen molar-refractivity contribution in [2.24, 2.45) is 0 Å². The lowest BCUT2D eigenvalue weighted by molar-refractivity contribution is 0.408. The molecule has 3 heteroatoms. The molecule has 0 saturated carbocycles. The Bertz CT molecular complexity index is 983. The third-order valence-electron chi connectivity index (χ3n) is 4.35. The van der Waals surface area contributed by atoms with Gasteiger partial charge in [-0.05, 0) is 41.3 Å². The number of epoxide rings is 1. The van der Waals surface area contributed by atoms with Crippen LogP contribution in [0.4, 0.5) is 0 Å². The Hall–Kier alpha value is -3.09. The average Bonchev–Trinajstić information content (AvgIpc) is 3.37. The molecule has 2 aromatic carbocycles. The van der Waals surface area contributed by atoms with E-state index in [9.17, 15) is 0 Å². The second-order valence-corrected chi connectivity index (χ2v) is 6.16. The van der Waals surface area contributed by atoms with Gasteiger partial charge in [-0.25, -0.2) is 0 Å². The van der Waals surface area contributed by atoms with Gasteiger partial charge in [-0.3, -0.25) is 0 Å². The number of nitriles is 1. The van der Waals surface area contributed by atoms with E-state index in [2.05, 4.69) is 71.4 Å². The van der Waals surface area contributed by atoms with Gasteiger partial charge in [-0.2, -0.15) is 5.26 Å². The van der Waals surface area contributed by atoms with E-state index in [1.165, 1.54) is 10.9 Å². The van der Waals surface area contributed by atoms with Crippen LogP contribution in [0, 0.1) is 11.3 Å². The first kappa shape index (κ1) is 15.4. The zero-order valence-corrected chi connectivity index (χ0v) is 13.8. The maximum Gasteiger partial charge on any atom is 0.0948 e. The van der Waals surface area contributed by atoms with E-state index < -0.39 is 0 Å². The molecule has 2 heterocycles. The average molecular weight is 326 g/mol. The van der Waals surface area contributed by atoms with Gasteiger partial charge in [0.2, 0.25) is 0 Å².